The van der Waals surface area contributed by atoms with Crippen molar-refractivity contribution in [2.75, 3.05) is 13.1 Å². The second-order valence-corrected chi connectivity index (χ2v) is 4.29. The number of hydrogen-bond acceptors (Lipinski definition) is 3. The van der Waals surface area contributed by atoms with Gasteiger partial charge in [-0.2, -0.15) is 0 Å². The lowest BCUT2D eigenvalue weighted by molar-refractivity contribution is -0.128. The molecule has 1 unspecified atom stereocenters. The first-order valence-electron chi connectivity index (χ1n) is 6.08. The van der Waals surface area contributed by atoms with Crippen molar-refractivity contribution in [3.8, 4) is 5.75 Å². The van der Waals surface area contributed by atoms with Crippen molar-refractivity contribution in [1.29, 1.82) is 0 Å². The average Bonchev–Trinajstić information content (AvgIpc) is 2.38. The molecule has 0 heterocycles. The van der Waals surface area contributed by atoms with Gasteiger partial charge in [0.2, 0.25) is 0 Å². The predicted molar refractivity (Wildman–Crippen MR) is 80.1 cm³/mol. The molecular formula is C13H20Cl2N2O2. The first-order chi connectivity index (χ1) is 8.69. The number of para-hydroxylation sites is 1. The first kappa shape index (κ1) is 18.0. The summed E-state index contributed by atoms with van der Waals surface area (Å²) in [6.45, 7) is 3.02. The monoisotopic (exact) mass is 306 g/mol. The Morgan fingerprint density at radius 1 is 1.47 bits per heavy atom. The van der Waals surface area contributed by atoms with Gasteiger partial charge in [0.25, 0.3) is 5.91 Å². The molecule has 0 aromatic heterocycles. The van der Waals surface area contributed by atoms with Crippen molar-refractivity contribution in [1.82, 2.24) is 5.32 Å². The molecule has 1 atom stereocenters. The molecule has 6 heteroatoms. The molecule has 0 saturated carbocycles. The molecular weight excluding hydrogens is 287 g/mol. The number of hydrogen-bond donors (Lipinski definition) is 2. The Morgan fingerprint density at radius 3 is 2.74 bits per heavy atom. The van der Waals surface area contributed by atoms with E-state index in [-0.39, 0.29) is 18.3 Å². The van der Waals surface area contributed by atoms with Gasteiger partial charge in [-0.15, -0.1) is 12.4 Å². The lowest BCUT2D eigenvalue weighted by Crippen LogP contribution is -2.38. The summed E-state index contributed by atoms with van der Waals surface area (Å²) in [4.78, 5) is 11.8. The summed E-state index contributed by atoms with van der Waals surface area (Å²) in [5.74, 6) is 0.394. The standard InChI is InChI=1S/C13H19ClN2O2.ClH/c1-2-11(13(17)16-9-5-8-15)18-12-7-4-3-6-10(12)14;/h3-4,6-7,11H,2,5,8-9,15H2,1H3,(H,16,17);1H. The van der Waals surface area contributed by atoms with E-state index in [0.717, 1.165) is 6.42 Å². The molecule has 0 fully saturated rings. The lowest BCUT2D eigenvalue weighted by Gasteiger charge is -2.17. The minimum absolute atomic E-state index is 0. The number of nitrogens with two attached hydrogens (primary N) is 1. The molecule has 0 aliphatic rings. The van der Waals surface area contributed by atoms with Crippen molar-refractivity contribution in [2.24, 2.45) is 5.73 Å². The van der Waals surface area contributed by atoms with Crippen LogP contribution in [0.1, 0.15) is 19.8 Å². The molecule has 0 saturated heterocycles. The Morgan fingerprint density at radius 2 is 2.16 bits per heavy atom. The molecule has 1 aromatic rings. The molecule has 1 aromatic carbocycles. The summed E-state index contributed by atoms with van der Waals surface area (Å²) >= 11 is 5.98. The van der Waals surface area contributed by atoms with E-state index in [1.54, 1.807) is 12.1 Å². The van der Waals surface area contributed by atoms with Crippen LogP contribution >= 0.6 is 24.0 Å². The van der Waals surface area contributed by atoms with Crippen molar-refractivity contribution >= 4 is 29.9 Å². The Balaban J connectivity index is 0.00000324. The smallest absolute Gasteiger partial charge is 0.261 e. The largest absolute Gasteiger partial charge is 0.479 e. The van der Waals surface area contributed by atoms with E-state index in [1.165, 1.54) is 0 Å². The van der Waals surface area contributed by atoms with Crippen LogP contribution in [0.2, 0.25) is 5.02 Å². The maximum absolute atomic E-state index is 11.8. The van der Waals surface area contributed by atoms with Gasteiger partial charge in [0.15, 0.2) is 6.10 Å². The van der Waals surface area contributed by atoms with Gasteiger partial charge < -0.3 is 15.8 Å². The molecule has 1 amide bonds. The highest BCUT2D eigenvalue weighted by atomic mass is 35.5. The third-order valence-corrected chi connectivity index (χ3v) is 2.76. The maximum atomic E-state index is 11.8. The van der Waals surface area contributed by atoms with E-state index >= 15 is 0 Å². The lowest BCUT2D eigenvalue weighted by atomic mass is 10.2. The molecule has 4 nitrogen and oxygen atoms in total. The number of carbonyl (C=O) groups is 1. The van der Waals surface area contributed by atoms with E-state index in [1.807, 2.05) is 19.1 Å². The zero-order valence-electron chi connectivity index (χ0n) is 10.9. The number of amides is 1. The molecule has 0 radical (unpaired) electrons. The van der Waals surface area contributed by atoms with Crippen LogP contribution in [0.5, 0.6) is 5.75 Å². The van der Waals surface area contributed by atoms with Gasteiger partial charge in [-0.05, 0) is 31.5 Å². The Labute approximate surface area is 125 Å². The topological polar surface area (TPSA) is 64.3 Å². The van der Waals surface area contributed by atoms with Crippen LogP contribution in [-0.2, 0) is 4.79 Å². The fourth-order valence-electron chi connectivity index (χ4n) is 1.44. The van der Waals surface area contributed by atoms with Gasteiger partial charge >= 0.3 is 0 Å². The first-order valence-corrected chi connectivity index (χ1v) is 6.45. The highest BCUT2D eigenvalue weighted by Gasteiger charge is 2.18. The zero-order valence-corrected chi connectivity index (χ0v) is 12.5. The fraction of sp³-hybridized carbons (Fsp3) is 0.462. The molecule has 0 spiro atoms. The number of carbonyl (C=O) groups excluding carboxylic acids is 1. The summed E-state index contributed by atoms with van der Waals surface area (Å²) in [5, 5.41) is 3.29. The van der Waals surface area contributed by atoms with Crippen molar-refractivity contribution in [3.05, 3.63) is 29.3 Å². The van der Waals surface area contributed by atoms with Crippen LogP contribution in [0.3, 0.4) is 0 Å². The van der Waals surface area contributed by atoms with Crippen LogP contribution in [0, 0.1) is 0 Å². The normalized spacial score (nSPS) is 11.3. The average molecular weight is 307 g/mol. The highest BCUT2D eigenvalue weighted by molar-refractivity contribution is 6.32. The highest BCUT2D eigenvalue weighted by Crippen LogP contribution is 2.24. The maximum Gasteiger partial charge on any atom is 0.261 e. The van der Waals surface area contributed by atoms with Gasteiger partial charge in [0.1, 0.15) is 5.75 Å². The Hall–Kier alpha value is -0.970. The molecule has 0 bridgehead atoms. The van der Waals surface area contributed by atoms with E-state index in [2.05, 4.69) is 5.32 Å². The number of benzene rings is 1. The third kappa shape index (κ3) is 6.14. The zero-order chi connectivity index (χ0) is 13.4. The number of nitrogens with one attached hydrogen (secondary N) is 1. The van der Waals surface area contributed by atoms with Gasteiger partial charge in [-0.1, -0.05) is 30.7 Å². The molecule has 108 valence electrons. The second kappa shape index (κ2) is 9.89. The summed E-state index contributed by atoms with van der Waals surface area (Å²) in [6, 6.07) is 7.12. The molecule has 0 aliphatic carbocycles. The van der Waals surface area contributed by atoms with Gasteiger partial charge in [0.05, 0.1) is 5.02 Å². The van der Waals surface area contributed by atoms with Crippen molar-refractivity contribution in [2.45, 2.75) is 25.9 Å². The number of rotatable bonds is 7. The van der Waals surface area contributed by atoms with Gasteiger partial charge in [0, 0.05) is 6.54 Å². The van der Waals surface area contributed by atoms with Gasteiger partial charge in [-0.3, -0.25) is 4.79 Å². The molecule has 3 N–H and O–H groups in total. The summed E-state index contributed by atoms with van der Waals surface area (Å²) in [6.07, 6.45) is 0.816. The number of halogens is 2. The summed E-state index contributed by atoms with van der Waals surface area (Å²) < 4.78 is 5.61. The van der Waals surface area contributed by atoms with Crippen LogP contribution in [0.15, 0.2) is 24.3 Å². The molecule has 1 rings (SSSR count). The third-order valence-electron chi connectivity index (χ3n) is 2.45. The SMILES string of the molecule is CCC(Oc1ccccc1Cl)C(=O)NCCCN.Cl. The summed E-state index contributed by atoms with van der Waals surface area (Å²) in [7, 11) is 0. The predicted octanol–water partition coefficient (Wildman–Crippen LogP) is 2.38. The van der Waals surface area contributed by atoms with Crippen LogP contribution in [0.25, 0.3) is 0 Å². The quantitative estimate of drug-likeness (QED) is 0.760. The fourth-order valence-corrected chi connectivity index (χ4v) is 1.62. The van der Waals surface area contributed by atoms with E-state index < -0.39 is 6.10 Å². The second-order valence-electron chi connectivity index (χ2n) is 3.88. The molecule has 0 aliphatic heterocycles. The van der Waals surface area contributed by atoms with E-state index in [0.29, 0.717) is 30.3 Å². The summed E-state index contributed by atoms with van der Waals surface area (Å²) in [5.41, 5.74) is 5.37. The Bertz CT molecular complexity index is 389. The van der Waals surface area contributed by atoms with Crippen LogP contribution in [-0.4, -0.2) is 25.1 Å². The number of ether oxygens (including phenoxy) is 1. The van der Waals surface area contributed by atoms with E-state index in [4.69, 9.17) is 22.1 Å². The van der Waals surface area contributed by atoms with Crippen molar-refractivity contribution in [3.63, 3.8) is 0 Å². The minimum atomic E-state index is -0.525. The molecule has 19 heavy (non-hydrogen) atoms. The van der Waals surface area contributed by atoms with E-state index in [9.17, 15) is 4.79 Å². The van der Waals surface area contributed by atoms with Gasteiger partial charge in [-0.25, -0.2) is 0 Å². The Kier molecular flexibility index (Phi) is 9.39. The van der Waals surface area contributed by atoms with Crippen LogP contribution in [0.4, 0.5) is 0 Å². The van der Waals surface area contributed by atoms with Crippen molar-refractivity contribution < 1.29 is 9.53 Å². The minimum Gasteiger partial charge on any atom is -0.479 e. The van der Waals surface area contributed by atoms with Crippen LogP contribution < -0.4 is 15.8 Å².